The summed E-state index contributed by atoms with van der Waals surface area (Å²) in [5.74, 6) is -0.798. The van der Waals surface area contributed by atoms with Gasteiger partial charge in [0.15, 0.2) is 0 Å². The average Bonchev–Trinajstić information content (AvgIpc) is 2.30. The van der Waals surface area contributed by atoms with E-state index in [1.165, 1.54) is 31.2 Å². The Balaban J connectivity index is 0. The quantitative estimate of drug-likeness (QED) is 0.183. The predicted molar refractivity (Wildman–Crippen MR) is 55.8 cm³/mol. The van der Waals surface area contributed by atoms with Gasteiger partial charge in [0.05, 0.1) is 0 Å². The van der Waals surface area contributed by atoms with Gasteiger partial charge < -0.3 is 9.84 Å². The van der Waals surface area contributed by atoms with E-state index in [9.17, 15) is 14.4 Å². The van der Waals surface area contributed by atoms with Gasteiger partial charge in [-0.3, -0.25) is 9.59 Å². The third-order valence-electron chi connectivity index (χ3n) is 1.51. The zero-order valence-electron chi connectivity index (χ0n) is 9.55. The molecule has 1 rings (SSSR count). The van der Waals surface area contributed by atoms with Crippen LogP contribution >= 0.6 is 0 Å². The summed E-state index contributed by atoms with van der Waals surface area (Å²) in [6, 6.07) is 5.69. The van der Waals surface area contributed by atoms with Crippen molar-refractivity contribution >= 4 is 18.0 Å². The number of hydrogen-bond donors (Lipinski definition) is 0. The number of carbonyl (C=O) groups excluding carboxylic acids is 3. The number of nitriles is 1. The largest absolute Gasteiger partial charge is 1.00 e. The van der Waals surface area contributed by atoms with Gasteiger partial charge in [-0.15, -0.1) is 4.99 Å². The molecule has 1 aromatic carbocycles. The number of aliphatic imine (C=N–C) groups is 1. The number of hydrogen-bond acceptors (Lipinski definition) is 6. The summed E-state index contributed by atoms with van der Waals surface area (Å²) in [6.07, 6.45) is 1.65. The molecular formula is C11H7AgN2O5. The Morgan fingerprint density at radius 3 is 2.16 bits per heavy atom. The summed E-state index contributed by atoms with van der Waals surface area (Å²) in [6.45, 7) is 1.27. The minimum Gasteiger partial charge on any atom is -0.812 e. The Hall–Kier alpha value is -2.23. The second-order valence-corrected chi connectivity index (χ2v) is 2.72. The van der Waals surface area contributed by atoms with Crippen molar-refractivity contribution in [3.05, 3.63) is 29.8 Å². The van der Waals surface area contributed by atoms with Crippen molar-refractivity contribution in [3.8, 4) is 12.0 Å². The van der Waals surface area contributed by atoms with Crippen molar-refractivity contribution in [1.82, 2.24) is 0 Å². The molecule has 0 atom stereocenters. The standard InChI is InChI=1S/C10H7NO4.CHNO.Ag/c1-7(13)15-9-4-2-8(3-5-9)10(14)11-6-12;2-1-3;/h2-5H,1H3;3H;/q;;+1/p-1. The minimum atomic E-state index is -0.681. The van der Waals surface area contributed by atoms with Gasteiger partial charge in [-0.05, 0) is 24.3 Å². The van der Waals surface area contributed by atoms with Gasteiger partial charge in [-0.1, -0.05) is 0 Å². The minimum absolute atomic E-state index is 0. The van der Waals surface area contributed by atoms with E-state index in [1.54, 1.807) is 0 Å². The van der Waals surface area contributed by atoms with Crippen molar-refractivity contribution in [3.63, 3.8) is 0 Å². The van der Waals surface area contributed by atoms with Crippen LogP contribution in [0, 0.1) is 11.5 Å². The fraction of sp³-hybridized carbons (Fsp3) is 0.0909. The van der Waals surface area contributed by atoms with Crippen LogP contribution in [0.25, 0.3) is 0 Å². The molecule has 0 saturated carbocycles. The molecular weight excluding hydrogens is 348 g/mol. The fourth-order valence-corrected chi connectivity index (χ4v) is 0.938. The van der Waals surface area contributed by atoms with Crippen LogP contribution < -0.4 is 9.84 Å². The monoisotopic (exact) mass is 354 g/mol. The smallest absolute Gasteiger partial charge is 0.812 e. The number of rotatable bonds is 2. The fourth-order valence-electron chi connectivity index (χ4n) is 0.938. The van der Waals surface area contributed by atoms with E-state index in [2.05, 4.69) is 4.99 Å². The Kier molecular flexibility index (Phi) is 11.0. The van der Waals surface area contributed by atoms with Crippen LogP contribution in [0.15, 0.2) is 29.3 Å². The number of nitrogens with zero attached hydrogens (tertiary/aromatic N) is 2. The first kappa shape index (κ1) is 19.1. The molecule has 0 aromatic heterocycles. The van der Waals surface area contributed by atoms with Crippen LogP contribution in [0.3, 0.4) is 0 Å². The molecule has 102 valence electrons. The summed E-state index contributed by atoms with van der Waals surface area (Å²) >= 11 is 0. The van der Waals surface area contributed by atoms with E-state index >= 15 is 0 Å². The van der Waals surface area contributed by atoms with Crippen molar-refractivity contribution in [2.24, 2.45) is 4.99 Å². The molecule has 8 heteroatoms. The maximum Gasteiger partial charge on any atom is 1.00 e. The molecule has 0 unspecified atom stereocenters. The van der Waals surface area contributed by atoms with E-state index < -0.39 is 11.9 Å². The number of esters is 1. The normalized spacial score (nSPS) is 7.37. The Morgan fingerprint density at radius 1 is 1.32 bits per heavy atom. The van der Waals surface area contributed by atoms with Crippen LogP contribution in [0.4, 0.5) is 0 Å². The zero-order valence-corrected chi connectivity index (χ0v) is 11.0. The van der Waals surface area contributed by atoms with Crippen LogP contribution in [0.2, 0.25) is 0 Å². The maximum absolute atomic E-state index is 11.0. The molecule has 0 saturated heterocycles. The van der Waals surface area contributed by atoms with Crippen molar-refractivity contribution < 1.29 is 46.6 Å². The Morgan fingerprint density at radius 2 is 1.79 bits per heavy atom. The summed E-state index contributed by atoms with van der Waals surface area (Å²) in [5, 5.41) is 15.0. The van der Waals surface area contributed by atoms with Gasteiger partial charge in [-0.2, -0.15) is 0 Å². The third kappa shape index (κ3) is 8.49. The van der Waals surface area contributed by atoms with Crippen molar-refractivity contribution in [2.45, 2.75) is 6.92 Å². The van der Waals surface area contributed by atoms with Gasteiger partial charge in [0.25, 0.3) is 5.91 Å². The summed E-state index contributed by atoms with van der Waals surface area (Å²) in [7, 11) is 0. The molecule has 0 heterocycles. The number of amides is 1. The van der Waals surface area contributed by atoms with Gasteiger partial charge >= 0.3 is 28.3 Å². The van der Waals surface area contributed by atoms with Crippen LogP contribution in [-0.4, -0.2) is 18.0 Å². The summed E-state index contributed by atoms with van der Waals surface area (Å²) in [5.41, 5.74) is 0.231. The first-order valence-electron chi connectivity index (χ1n) is 4.47. The van der Waals surface area contributed by atoms with Crippen LogP contribution in [0.1, 0.15) is 17.3 Å². The molecule has 1 aromatic rings. The van der Waals surface area contributed by atoms with Crippen LogP contribution in [0.5, 0.6) is 5.75 Å². The van der Waals surface area contributed by atoms with Crippen molar-refractivity contribution in [2.75, 3.05) is 0 Å². The second-order valence-electron chi connectivity index (χ2n) is 2.72. The maximum atomic E-state index is 11.0. The average molecular weight is 355 g/mol. The molecule has 0 N–H and O–H groups in total. The molecule has 0 radical (unpaired) electrons. The second kappa shape index (κ2) is 10.9. The molecule has 0 bridgehead atoms. The van der Waals surface area contributed by atoms with E-state index in [0.29, 0.717) is 12.0 Å². The molecule has 1 amide bonds. The molecule has 0 aliphatic carbocycles. The van der Waals surface area contributed by atoms with Gasteiger partial charge in [0.2, 0.25) is 6.08 Å². The number of ether oxygens (including phenoxy) is 1. The van der Waals surface area contributed by atoms with E-state index in [4.69, 9.17) is 15.1 Å². The number of isocyanates is 1. The van der Waals surface area contributed by atoms with E-state index in [1.807, 2.05) is 0 Å². The predicted octanol–water partition coefficient (Wildman–Crippen LogP) is -0.0868. The first-order chi connectivity index (χ1) is 8.54. The Labute approximate surface area is 124 Å². The SMILES string of the molecule is CC(=O)Oc1ccc(C(=O)N=C=O)cc1.N#C[O-].[Ag+]. The molecule has 0 spiro atoms. The summed E-state index contributed by atoms with van der Waals surface area (Å²) in [4.78, 5) is 34.4. The van der Waals surface area contributed by atoms with Crippen LogP contribution in [-0.2, 0) is 32.0 Å². The molecule has 0 fully saturated rings. The zero-order chi connectivity index (χ0) is 14.0. The Bertz CT molecular complexity index is 515. The summed E-state index contributed by atoms with van der Waals surface area (Å²) < 4.78 is 4.75. The van der Waals surface area contributed by atoms with E-state index in [0.717, 1.165) is 6.08 Å². The molecule has 0 aliphatic rings. The topological polar surface area (TPSA) is 120 Å². The molecule has 0 aliphatic heterocycles. The number of carbonyl (C=O) groups is 2. The van der Waals surface area contributed by atoms with Crippen molar-refractivity contribution in [1.29, 1.82) is 5.26 Å². The van der Waals surface area contributed by atoms with Gasteiger partial charge in [-0.25, -0.2) is 10.1 Å². The van der Waals surface area contributed by atoms with Gasteiger partial charge in [0, 0.05) is 18.7 Å². The van der Waals surface area contributed by atoms with E-state index in [-0.39, 0.29) is 27.9 Å². The number of benzene rings is 1. The molecule has 7 nitrogen and oxygen atoms in total. The molecule has 19 heavy (non-hydrogen) atoms. The third-order valence-corrected chi connectivity index (χ3v) is 1.51. The van der Waals surface area contributed by atoms with Gasteiger partial charge in [0.1, 0.15) is 5.75 Å². The first-order valence-corrected chi connectivity index (χ1v) is 4.47.